The first-order valence-corrected chi connectivity index (χ1v) is 11.8. The van der Waals surface area contributed by atoms with Crippen LogP contribution in [0, 0.1) is 0 Å². The Morgan fingerprint density at radius 3 is 2.79 bits per heavy atom. The summed E-state index contributed by atoms with van der Waals surface area (Å²) >= 11 is 4.70. The zero-order chi connectivity index (χ0) is 23.3. The van der Waals surface area contributed by atoms with Crippen molar-refractivity contribution in [3.05, 3.63) is 73.0 Å². The molecule has 3 heterocycles. The number of aryl methyl sites for hydroxylation is 1. The number of aromatic nitrogens is 2. The van der Waals surface area contributed by atoms with Crippen molar-refractivity contribution in [3.8, 4) is 11.5 Å². The average Bonchev–Trinajstić information content (AvgIpc) is 3.37. The molecule has 0 bridgehead atoms. The van der Waals surface area contributed by atoms with Crippen molar-refractivity contribution in [1.82, 2.24) is 10.2 Å². The van der Waals surface area contributed by atoms with Crippen LogP contribution in [0.4, 0.5) is 5.13 Å². The topological polar surface area (TPSA) is 106 Å². The molecule has 0 fully saturated rings. The monoisotopic (exact) mass is 527 g/mol. The van der Waals surface area contributed by atoms with E-state index >= 15 is 0 Å². The fraction of sp³-hybridized carbons (Fsp3) is 0.217. The van der Waals surface area contributed by atoms with Gasteiger partial charge in [-0.3, -0.25) is 14.5 Å². The highest BCUT2D eigenvalue weighted by Crippen LogP contribution is 2.44. The van der Waals surface area contributed by atoms with Crippen LogP contribution in [0.2, 0.25) is 0 Å². The van der Waals surface area contributed by atoms with E-state index < -0.39 is 11.9 Å². The van der Waals surface area contributed by atoms with E-state index in [4.69, 9.17) is 9.15 Å². The van der Waals surface area contributed by atoms with E-state index in [2.05, 4.69) is 26.1 Å². The first kappa shape index (κ1) is 21.6. The number of benzene rings is 2. The normalized spacial score (nSPS) is 15.3. The molecule has 4 aromatic rings. The molecular formula is C23H18BrN3O5S. The lowest BCUT2D eigenvalue weighted by Gasteiger charge is -2.22. The number of aromatic hydroxyl groups is 1. The number of carbonyl (C=O) groups excluding carboxylic acids is 1. The van der Waals surface area contributed by atoms with Crippen molar-refractivity contribution in [2.75, 3.05) is 12.0 Å². The summed E-state index contributed by atoms with van der Waals surface area (Å²) in [6, 6.07) is 8.98. The summed E-state index contributed by atoms with van der Waals surface area (Å²) in [4.78, 5) is 28.6. The van der Waals surface area contributed by atoms with Gasteiger partial charge in [0.15, 0.2) is 16.9 Å². The summed E-state index contributed by atoms with van der Waals surface area (Å²) < 4.78 is 11.9. The third-order valence-electron chi connectivity index (χ3n) is 5.48. The van der Waals surface area contributed by atoms with Crippen molar-refractivity contribution < 1.29 is 19.1 Å². The molecule has 33 heavy (non-hydrogen) atoms. The molecule has 10 heteroatoms. The summed E-state index contributed by atoms with van der Waals surface area (Å²) in [5.74, 6) is -0.319. The predicted octanol–water partition coefficient (Wildman–Crippen LogP) is 4.82. The van der Waals surface area contributed by atoms with Crippen LogP contribution < -0.4 is 15.1 Å². The molecule has 2 aromatic heterocycles. The number of hydrogen-bond acceptors (Lipinski definition) is 8. The molecule has 8 nitrogen and oxygen atoms in total. The van der Waals surface area contributed by atoms with Crippen molar-refractivity contribution in [3.63, 3.8) is 0 Å². The van der Waals surface area contributed by atoms with Crippen molar-refractivity contribution >= 4 is 49.3 Å². The maximum absolute atomic E-state index is 13.6. The Labute approximate surface area is 200 Å². The van der Waals surface area contributed by atoms with Crippen LogP contribution in [0.5, 0.6) is 11.5 Å². The number of carbonyl (C=O) groups is 1. The van der Waals surface area contributed by atoms with Gasteiger partial charge < -0.3 is 14.3 Å². The summed E-state index contributed by atoms with van der Waals surface area (Å²) in [6.45, 7) is 2.04. The molecule has 168 valence electrons. The van der Waals surface area contributed by atoms with E-state index in [0.717, 1.165) is 22.3 Å². The lowest BCUT2D eigenvalue weighted by Crippen LogP contribution is -2.29. The minimum absolute atomic E-state index is 0.0286. The van der Waals surface area contributed by atoms with E-state index in [1.54, 1.807) is 30.3 Å². The molecule has 2 aromatic carbocycles. The van der Waals surface area contributed by atoms with Crippen LogP contribution >= 0.6 is 27.3 Å². The number of anilines is 1. The molecule has 5 rings (SSSR count). The molecule has 0 spiro atoms. The second kappa shape index (κ2) is 8.27. The van der Waals surface area contributed by atoms with E-state index in [0.29, 0.717) is 21.7 Å². The van der Waals surface area contributed by atoms with Crippen molar-refractivity contribution in [1.29, 1.82) is 0 Å². The number of halogens is 1. The Bertz CT molecular complexity index is 1460. The quantitative estimate of drug-likeness (QED) is 0.396. The van der Waals surface area contributed by atoms with Gasteiger partial charge in [-0.25, -0.2) is 0 Å². The number of phenolic OH excluding ortho intramolecular Hbond substituents is 1. The van der Waals surface area contributed by atoms with Gasteiger partial charge >= 0.3 is 0 Å². The minimum atomic E-state index is -0.816. The summed E-state index contributed by atoms with van der Waals surface area (Å²) in [5.41, 5.74) is 0.804. The van der Waals surface area contributed by atoms with E-state index in [9.17, 15) is 14.7 Å². The Morgan fingerprint density at radius 1 is 1.21 bits per heavy atom. The lowest BCUT2D eigenvalue weighted by atomic mass is 9.98. The van der Waals surface area contributed by atoms with Gasteiger partial charge in [-0.15, -0.1) is 10.2 Å². The van der Waals surface area contributed by atoms with Crippen LogP contribution in [0.3, 0.4) is 0 Å². The number of nitrogens with zero attached hydrogens (tertiary/aromatic N) is 3. The van der Waals surface area contributed by atoms with Gasteiger partial charge in [0, 0.05) is 10.9 Å². The van der Waals surface area contributed by atoms with E-state index in [1.165, 1.54) is 29.4 Å². The molecule has 1 N–H and O–H groups in total. The molecular weight excluding hydrogens is 510 g/mol. The number of phenols is 1. The van der Waals surface area contributed by atoms with Crippen molar-refractivity contribution in [2.24, 2.45) is 0 Å². The van der Waals surface area contributed by atoms with Gasteiger partial charge in [-0.2, -0.15) is 0 Å². The van der Waals surface area contributed by atoms with Gasteiger partial charge in [0.25, 0.3) is 5.91 Å². The largest absolute Gasteiger partial charge is 0.504 e. The zero-order valence-corrected chi connectivity index (χ0v) is 20.1. The summed E-state index contributed by atoms with van der Waals surface area (Å²) in [6.07, 6.45) is 1.63. The highest BCUT2D eigenvalue weighted by molar-refractivity contribution is 9.10. The lowest BCUT2D eigenvalue weighted by molar-refractivity contribution is 0.0970. The Morgan fingerprint density at radius 2 is 2.03 bits per heavy atom. The van der Waals surface area contributed by atoms with Crippen LogP contribution in [0.1, 0.15) is 46.1 Å². The fourth-order valence-electron chi connectivity index (χ4n) is 3.98. The predicted molar refractivity (Wildman–Crippen MR) is 127 cm³/mol. The number of rotatable bonds is 5. The highest BCUT2D eigenvalue weighted by atomic mass is 79.9. The molecule has 1 aliphatic heterocycles. The minimum Gasteiger partial charge on any atom is -0.504 e. The molecule has 0 aliphatic carbocycles. The fourth-order valence-corrected chi connectivity index (χ4v) is 5.31. The first-order valence-electron chi connectivity index (χ1n) is 10.2. The van der Waals surface area contributed by atoms with Gasteiger partial charge in [-0.1, -0.05) is 40.3 Å². The van der Waals surface area contributed by atoms with Gasteiger partial charge in [0.2, 0.25) is 10.9 Å². The Balaban J connectivity index is 1.78. The third-order valence-corrected chi connectivity index (χ3v) is 6.95. The second-order valence-electron chi connectivity index (χ2n) is 7.55. The second-order valence-corrected chi connectivity index (χ2v) is 9.51. The van der Waals surface area contributed by atoms with Gasteiger partial charge in [0.1, 0.15) is 10.6 Å². The highest BCUT2D eigenvalue weighted by Gasteiger charge is 2.45. The van der Waals surface area contributed by atoms with Gasteiger partial charge in [-0.05, 0) is 42.3 Å². The van der Waals surface area contributed by atoms with E-state index in [-0.39, 0.29) is 28.3 Å². The van der Waals surface area contributed by atoms with E-state index in [1.807, 2.05) is 6.92 Å². The maximum atomic E-state index is 13.6. The average molecular weight is 528 g/mol. The third kappa shape index (κ3) is 3.50. The van der Waals surface area contributed by atoms with Crippen molar-refractivity contribution in [2.45, 2.75) is 25.8 Å². The Hall–Kier alpha value is -3.24. The first-order chi connectivity index (χ1) is 15.9. The smallest absolute Gasteiger partial charge is 0.297 e. The number of ether oxygens (including phenoxy) is 1. The molecule has 0 radical (unpaired) electrons. The number of methoxy groups -OCH3 is 1. The molecule has 1 atom stereocenters. The molecule has 1 amide bonds. The Kier molecular flexibility index (Phi) is 5.41. The zero-order valence-electron chi connectivity index (χ0n) is 17.7. The number of fused-ring (bicyclic) bond motifs is 2. The number of amides is 1. The summed E-state index contributed by atoms with van der Waals surface area (Å²) in [5, 5.41) is 20.1. The maximum Gasteiger partial charge on any atom is 0.297 e. The van der Waals surface area contributed by atoms with Gasteiger partial charge in [0.05, 0.1) is 24.1 Å². The standard InChI is InChI=1S/C23H18BrN3O5S/c1-3-4-17-25-26-23(33-17)27-19(11-5-7-14(28)16(9-11)31-2)18-20(29)13-10-12(24)6-8-15(13)32-21(18)22(27)30/h5-10,19,28H,3-4H2,1-2H3. The molecule has 0 saturated heterocycles. The SMILES string of the molecule is CCCc1nnc(N2C(=O)c3oc4ccc(Br)cc4c(=O)c3C2c2ccc(O)c(OC)c2)s1. The van der Waals surface area contributed by atoms with Crippen LogP contribution in [0.25, 0.3) is 11.0 Å². The summed E-state index contributed by atoms with van der Waals surface area (Å²) in [7, 11) is 1.44. The van der Waals surface area contributed by atoms with Crippen LogP contribution in [-0.2, 0) is 6.42 Å². The molecule has 0 saturated carbocycles. The molecule has 1 aliphatic rings. The molecule has 1 unspecified atom stereocenters. The van der Waals surface area contributed by atoms with Crippen LogP contribution in [-0.4, -0.2) is 28.3 Å². The number of hydrogen-bond donors (Lipinski definition) is 1. The van der Waals surface area contributed by atoms with Crippen LogP contribution in [0.15, 0.2) is 50.1 Å².